The highest BCUT2D eigenvalue weighted by Gasteiger charge is 2.38. The topological polar surface area (TPSA) is 326 Å². The monoisotopic (exact) mass is 768 g/mol. The van der Waals surface area contributed by atoms with Crippen molar-refractivity contribution in [1.29, 1.82) is 0 Å². The molecule has 260 valence electrons. The molecule has 50 heavy (non-hydrogen) atoms. The van der Waals surface area contributed by atoms with E-state index in [9.17, 15) is 63.1 Å². The predicted molar refractivity (Wildman–Crippen MR) is 162 cm³/mol. The Bertz CT molecular complexity index is 2640. The number of hydrogen-bond donors (Lipinski definition) is 6. The molecule has 4 aromatic carbocycles. The van der Waals surface area contributed by atoms with Crippen LogP contribution >= 0.6 is 0 Å². The fourth-order valence-corrected chi connectivity index (χ4v) is 7.27. The van der Waals surface area contributed by atoms with E-state index in [1.165, 1.54) is 0 Å². The molecule has 4 aromatic rings. The SMILES string of the molecule is O=C1c2cc(S(=O)(=O)O)ccc2C(=O)c2c1cc(O)c(S(=O)(=O)O)c2O.O=C1c2ccc(S(=O)(=O)O)cc2C(=O)c2ccc(S(=O)(=O)O)cc21. The van der Waals surface area contributed by atoms with Gasteiger partial charge in [-0.2, -0.15) is 33.7 Å². The third-order valence-electron chi connectivity index (χ3n) is 7.30. The van der Waals surface area contributed by atoms with E-state index >= 15 is 0 Å². The van der Waals surface area contributed by atoms with Gasteiger partial charge in [0.15, 0.2) is 33.8 Å². The van der Waals surface area contributed by atoms with Crippen LogP contribution in [0.25, 0.3) is 0 Å². The van der Waals surface area contributed by atoms with Crippen LogP contribution in [0.15, 0.2) is 80.2 Å². The van der Waals surface area contributed by atoms with Crippen LogP contribution < -0.4 is 0 Å². The first kappa shape index (κ1) is 36.1. The van der Waals surface area contributed by atoms with Gasteiger partial charge in [0.2, 0.25) is 0 Å². The Labute approximate surface area is 280 Å². The lowest BCUT2D eigenvalue weighted by Gasteiger charge is -2.20. The second-order valence-electron chi connectivity index (χ2n) is 10.3. The van der Waals surface area contributed by atoms with Crippen molar-refractivity contribution < 1.29 is 81.3 Å². The van der Waals surface area contributed by atoms with Crippen LogP contribution in [-0.2, 0) is 40.5 Å². The van der Waals surface area contributed by atoms with E-state index in [1.54, 1.807) is 0 Å². The molecule has 0 unspecified atom stereocenters. The minimum Gasteiger partial charge on any atom is -0.506 e. The lowest BCUT2D eigenvalue weighted by molar-refractivity contribution is 0.0975. The molecule has 2 aliphatic carbocycles. The summed E-state index contributed by atoms with van der Waals surface area (Å²) in [7, 11) is -18.9. The molecule has 0 amide bonds. The average Bonchev–Trinajstić information content (AvgIpc) is 2.99. The number of benzene rings is 4. The van der Waals surface area contributed by atoms with Crippen molar-refractivity contribution in [2.24, 2.45) is 0 Å². The molecule has 0 fully saturated rings. The molecule has 2 aliphatic rings. The molecular formula is C28H16O18S4. The molecule has 6 N–H and O–H groups in total. The van der Waals surface area contributed by atoms with Crippen molar-refractivity contribution >= 4 is 63.6 Å². The summed E-state index contributed by atoms with van der Waals surface area (Å²) in [5, 5.41) is 19.8. The Morgan fingerprint density at radius 2 is 0.700 bits per heavy atom. The van der Waals surface area contributed by atoms with Gasteiger partial charge in [-0.25, -0.2) is 0 Å². The number of aromatic hydroxyl groups is 2. The van der Waals surface area contributed by atoms with Crippen LogP contribution in [0.4, 0.5) is 0 Å². The molecule has 0 atom stereocenters. The maximum Gasteiger partial charge on any atom is 0.301 e. The quantitative estimate of drug-likeness (QED) is 0.138. The van der Waals surface area contributed by atoms with Gasteiger partial charge in [-0.15, -0.1) is 0 Å². The second kappa shape index (κ2) is 11.7. The van der Waals surface area contributed by atoms with Gasteiger partial charge in [-0.1, -0.05) is 0 Å². The maximum atomic E-state index is 12.5. The van der Waals surface area contributed by atoms with Crippen LogP contribution in [0.2, 0.25) is 0 Å². The lowest BCUT2D eigenvalue weighted by atomic mass is 9.83. The van der Waals surface area contributed by atoms with Gasteiger partial charge in [0.25, 0.3) is 30.4 Å². The number of phenolic OH excluding ortho intramolecular Hbond substituents is 2. The molecule has 0 saturated carbocycles. The fraction of sp³-hybridized carbons (Fsp3) is 0. The predicted octanol–water partition coefficient (Wildman–Crippen LogP) is 1.32. The highest BCUT2D eigenvalue weighted by molar-refractivity contribution is 7.86. The van der Waals surface area contributed by atoms with Gasteiger partial charge in [-0.3, -0.25) is 37.4 Å². The molecule has 0 aromatic heterocycles. The van der Waals surface area contributed by atoms with E-state index < -0.39 is 111 Å². The van der Waals surface area contributed by atoms with Crippen molar-refractivity contribution in [3.63, 3.8) is 0 Å². The standard InChI is InChI=1S/C14H8O10S2.C14H8O8S2/c15-9-4-8-10(13(18)14(9)26(22,23)24)12(17)6-2-1-5(25(19,20)21)3-7(6)11(8)16;15-13-9-3-1-7(23(17,18)19)5-11(9)14(16)10-4-2-8(6-12(10)13)24(20,21)22/h1-4,15,18H,(H,19,20,21)(H,22,23,24);1-6H,(H,17,18,19)(H,20,21,22). The summed E-state index contributed by atoms with van der Waals surface area (Å²) in [6.45, 7) is 0. The Kier molecular flexibility index (Phi) is 8.45. The molecular weight excluding hydrogens is 753 g/mol. The molecule has 0 saturated heterocycles. The molecule has 0 heterocycles. The first-order chi connectivity index (χ1) is 22.8. The third-order valence-corrected chi connectivity index (χ3v) is 10.8. The molecule has 6 rings (SSSR count). The molecule has 0 bridgehead atoms. The minimum atomic E-state index is -5.12. The van der Waals surface area contributed by atoms with Gasteiger partial charge in [0.05, 0.1) is 20.2 Å². The number of rotatable bonds is 4. The van der Waals surface area contributed by atoms with Crippen molar-refractivity contribution in [2.75, 3.05) is 0 Å². The maximum absolute atomic E-state index is 12.5. The number of carbonyl (C=O) groups is 4. The van der Waals surface area contributed by atoms with E-state index in [-0.39, 0.29) is 27.8 Å². The van der Waals surface area contributed by atoms with Crippen molar-refractivity contribution in [3.05, 3.63) is 105 Å². The van der Waals surface area contributed by atoms with Crippen molar-refractivity contribution in [3.8, 4) is 11.5 Å². The Hall–Kier alpha value is -5.20. The average molecular weight is 769 g/mol. The van der Waals surface area contributed by atoms with Crippen LogP contribution in [-0.4, -0.2) is 85.2 Å². The van der Waals surface area contributed by atoms with Crippen LogP contribution in [0, 0.1) is 0 Å². The normalized spacial score (nSPS) is 14.2. The number of fused-ring (bicyclic) bond motifs is 4. The number of ketones is 4. The molecule has 0 spiro atoms. The minimum absolute atomic E-state index is 0.132. The number of hydrogen-bond acceptors (Lipinski definition) is 14. The zero-order valence-electron chi connectivity index (χ0n) is 24.0. The molecule has 18 nitrogen and oxygen atoms in total. The third kappa shape index (κ3) is 6.20. The molecule has 0 aliphatic heterocycles. The van der Waals surface area contributed by atoms with Crippen molar-refractivity contribution in [2.45, 2.75) is 19.6 Å². The van der Waals surface area contributed by atoms with Gasteiger partial charge in [0.1, 0.15) is 5.75 Å². The van der Waals surface area contributed by atoms with E-state index in [0.29, 0.717) is 6.07 Å². The highest BCUT2D eigenvalue weighted by atomic mass is 32.2. The fourth-order valence-electron chi connectivity index (χ4n) is 5.08. The van der Waals surface area contributed by atoms with Gasteiger partial charge in [0, 0.05) is 38.9 Å². The zero-order valence-corrected chi connectivity index (χ0v) is 27.3. The summed E-state index contributed by atoms with van der Waals surface area (Å²) in [6, 6.07) is 8.82. The summed E-state index contributed by atoms with van der Waals surface area (Å²) >= 11 is 0. The molecule has 22 heteroatoms. The largest absolute Gasteiger partial charge is 0.506 e. The summed E-state index contributed by atoms with van der Waals surface area (Å²) in [5.41, 5.74) is -2.87. The van der Waals surface area contributed by atoms with E-state index in [4.69, 9.17) is 18.2 Å². The summed E-state index contributed by atoms with van der Waals surface area (Å²) in [6.07, 6.45) is 0. The van der Waals surface area contributed by atoms with E-state index in [0.717, 1.165) is 54.6 Å². The summed E-state index contributed by atoms with van der Waals surface area (Å²) < 4.78 is 126. The molecule has 0 radical (unpaired) electrons. The number of phenols is 2. The van der Waals surface area contributed by atoms with Crippen LogP contribution in [0.1, 0.15) is 63.7 Å². The summed E-state index contributed by atoms with van der Waals surface area (Å²) in [4.78, 5) is 46.9. The van der Waals surface area contributed by atoms with Crippen LogP contribution in [0.3, 0.4) is 0 Å². The first-order valence-electron chi connectivity index (χ1n) is 12.9. The lowest BCUT2D eigenvalue weighted by Crippen LogP contribution is -2.22. The summed E-state index contributed by atoms with van der Waals surface area (Å²) in [5.74, 6) is -5.95. The zero-order chi connectivity index (χ0) is 37.5. The van der Waals surface area contributed by atoms with Gasteiger partial charge in [-0.05, 0) is 60.7 Å². The smallest absolute Gasteiger partial charge is 0.301 e. The second-order valence-corrected chi connectivity index (χ2v) is 16.0. The van der Waals surface area contributed by atoms with Crippen LogP contribution in [0.5, 0.6) is 11.5 Å². The Morgan fingerprint density at radius 1 is 0.380 bits per heavy atom. The van der Waals surface area contributed by atoms with E-state index in [1.807, 2.05) is 0 Å². The Morgan fingerprint density at radius 3 is 1.02 bits per heavy atom. The van der Waals surface area contributed by atoms with Crippen molar-refractivity contribution in [1.82, 2.24) is 0 Å². The highest BCUT2D eigenvalue weighted by Crippen LogP contribution is 2.42. The Balaban J connectivity index is 0.000000195. The number of carbonyl (C=O) groups excluding carboxylic acids is 4. The van der Waals surface area contributed by atoms with Gasteiger partial charge >= 0.3 is 10.1 Å². The first-order valence-corrected chi connectivity index (χ1v) is 18.7. The van der Waals surface area contributed by atoms with Gasteiger partial charge < -0.3 is 10.2 Å². The van der Waals surface area contributed by atoms with E-state index in [2.05, 4.69) is 0 Å².